The van der Waals surface area contributed by atoms with Crippen LogP contribution in [0.3, 0.4) is 0 Å². The lowest BCUT2D eigenvalue weighted by atomic mass is 9.85. The first-order valence-corrected chi connectivity index (χ1v) is 12.6. The van der Waals surface area contributed by atoms with Crippen LogP contribution in [-0.4, -0.2) is 72.7 Å². The third-order valence-electron chi connectivity index (χ3n) is 7.19. The van der Waals surface area contributed by atoms with Crippen LogP contribution in [-0.2, 0) is 0 Å². The molecule has 3 rings (SSSR count). The highest BCUT2D eigenvalue weighted by Crippen LogP contribution is 2.31. The number of halogens is 1. The molecule has 1 aliphatic heterocycles. The van der Waals surface area contributed by atoms with Crippen LogP contribution in [0, 0.1) is 16.3 Å². The van der Waals surface area contributed by atoms with E-state index in [9.17, 15) is 20.8 Å². The van der Waals surface area contributed by atoms with Crippen molar-refractivity contribution in [2.45, 2.75) is 99.2 Å². The number of hydroxylamine groups is 4. The van der Waals surface area contributed by atoms with Crippen molar-refractivity contribution in [2.75, 3.05) is 13.1 Å². The van der Waals surface area contributed by atoms with Crippen LogP contribution in [0.25, 0.3) is 0 Å². The molecule has 9 nitrogen and oxygen atoms in total. The number of nitrogens with zero attached hydrogens (tertiary/aromatic N) is 4. The van der Waals surface area contributed by atoms with Gasteiger partial charge in [-0.1, -0.05) is 29.0 Å². The fourth-order valence-corrected chi connectivity index (χ4v) is 5.85. The van der Waals surface area contributed by atoms with E-state index in [0.717, 1.165) is 35.6 Å². The molecule has 1 heterocycles. The number of likely N-dealkylation sites (tertiary alicyclic amines) is 1. The van der Waals surface area contributed by atoms with E-state index in [1.165, 1.54) is 32.1 Å². The lowest BCUT2D eigenvalue weighted by Gasteiger charge is -2.45. The molecule has 4 unspecified atom stereocenters. The maximum Gasteiger partial charge on any atom is 0.0608 e. The maximum atomic E-state index is 11.7. The molecule has 0 aromatic rings. The lowest BCUT2D eigenvalue weighted by Crippen LogP contribution is -2.53. The molecule has 174 valence electrons. The summed E-state index contributed by atoms with van der Waals surface area (Å²) in [5.41, 5.74) is 4.33. The topological polar surface area (TPSA) is 121 Å². The first kappa shape index (κ1) is 24.6. The Morgan fingerprint density at radius 3 is 2.43 bits per heavy atom. The normalized spacial score (nSPS) is 37.0. The van der Waals surface area contributed by atoms with Gasteiger partial charge in [-0.05, 0) is 71.3 Å². The molecule has 0 radical (unpaired) electrons. The van der Waals surface area contributed by atoms with Gasteiger partial charge in [-0.15, -0.1) is 0 Å². The Hall–Kier alpha value is -0.0800. The zero-order chi connectivity index (χ0) is 21.7. The molecule has 0 spiro atoms. The predicted octanol–water partition coefficient (Wildman–Crippen LogP) is 3.47. The first-order valence-electron chi connectivity index (χ1n) is 11.4. The van der Waals surface area contributed by atoms with Gasteiger partial charge in [0.1, 0.15) is 0 Å². The number of hydrogen-bond donors (Lipinski definition) is 3. The summed E-state index contributed by atoms with van der Waals surface area (Å²) < 4.78 is 0.735. The van der Waals surface area contributed by atoms with Crippen molar-refractivity contribution < 1.29 is 10.4 Å². The van der Waals surface area contributed by atoms with E-state index in [-0.39, 0.29) is 22.9 Å². The van der Waals surface area contributed by atoms with Gasteiger partial charge in [0.25, 0.3) is 0 Å². The van der Waals surface area contributed by atoms with Crippen LogP contribution in [0.1, 0.15) is 71.1 Å². The minimum Gasteiger partial charge on any atom is -0.762 e. The molecule has 2 aliphatic carbocycles. The van der Waals surface area contributed by atoms with Gasteiger partial charge in [-0.3, -0.25) is 15.4 Å². The quantitative estimate of drug-likeness (QED) is 0.196. The Labute approximate surface area is 193 Å². The van der Waals surface area contributed by atoms with Gasteiger partial charge >= 0.3 is 0 Å². The van der Waals surface area contributed by atoms with E-state index in [4.69, 9.17) is 5.10 Å². The third-order valence-corrected chi connectivity index (χ3v) is 8.44. The molecule has 4 atom stereocenters. The van der Waals surface area contributed by atoms with E-state index in [2.05, 4.69) is 39.8 Å². The highest BCUT2D eigenvalue weighted by molar-refractivity contribution is 14.1. The molecule has 3 fully saturated rings. The Bertz CT molecular complexity index is 559. The Morgan fingerprint density at radius 2 is 1.80 bits per heavy atom. The van der Waals surface area contributed by atoms with E-state index < -0.39 is 12.1 Å². The molecular weight excluding hydrogens is 501 g/mol. The van der Waals surface area contributed by atoms with Gasteiger partial charge in [0.15, 0.2) is 0 Å². The molecule has 0 amide bonds. The number of alkyl halides is 1. The van der Waals surface area contributed by atoms with Crippen molar-refractivity contribution >= 4 is 28.3 Å². The number of rotatable bonds is 7. The van der Waals surface area contributed by atoms with E-state index >= 15 is 0 Å². The van der Waals surface area contributed by atoms with Crippen LogP contribution >= 0.6 is 22.6 Å². The molecule has 1 saturated heterocycles. The lowest BCUT2D eigenvalue weighted by molar-refractivity contribution is -0.137. The van der Waals surface area contributed by atoms with Crippen molar-refractivity contribution in [3.63, 3.8) is 0 Å². The molecule has 3 N–H and O–H groups in total. The Morgan fingerprint density at radius 1 is 1.07 bits per heavy atom. The van der Waals surface area contributed by atoms with Crippen molar-refractivity contribution in [3.8, 4) is 0 Å². The van der Waals surface area contributed by atoms with Crippen molar-refractivity contribution in [2.24, 2.45) is 11.0 Å². The zero-order valence-electron chi connectivity index (χ0n) is 17.8. The second-order valence-corrected chi connectivity index (χ2v) is 11.0. The summed E-state index contributed by atoms with van der Waals surface area (Å²) >= 11 is 2.54. The van der Waals surface area contributed by atoms with Crippen LogP contribution in [0.4, 0.5) is 0 Å². The van der Waals surface area contributed by atoms with Gasteiger partial charge in [-0.25, -0.2) is 0 Å². The average molecular weight is 537 g/mol. The Balaban J connectivity index is 1.69. The molecule has 10 heteroatoms. The zero-order valence-corrected chi connectivity index (χ0v) is 20.0. The minimum absolute atomic E-state index is 0.0868. The summed E-state index contributed by atoms with van der Waals surface area (Å²) in [6.07, 6.45) is 9.45. The van der Waals surface area contributed by atoms with E-state index in [1.54, 1.807) is 0 Å². The maximum absolute atomic E-state index is 11.7. The largest absolute Gasteiger partial charge is 0.762 e. The summed E-state index contributed by atoms with van der Waals surface area (Å²) in [6, 6.07) is -1.28. The fourth-order valence-electron chi connectivity index (χ4n) is 5.13. The molecular formula is C20H36IN5O4-2. The first-order chi connectivity index (χ1) is 14.3. The van der Waals surface area contributed by atoms with Gasteiger partial charge in [0.05, 0.1) is 11.8 Å². The van der Waals surface area contributed by atoms with Crippen molar-refractivity contribution in [3.05, 3.63) is 10.4 Å². The highest BCUT2D eigenvalue weighted by Gasteiger charge is 2.33. The summed E-state index contributed by atoms with van der Waals surface area (Å²) in [5.74, 6) is 0.444. The molecule has 30 heavy (non-hydrogen) atoms. The SMILES string of the molecule is CC1CCCCN1CC(=NNC1CCC(N([O-])O)CC1N([O-])O)C1CCC(I)CC1. The monoisotopic (exact) mass is 537 g/mol. The highest BCUT2D eigenvalue weighted by atomic mass is 127. The van der Waals surface area contributed by atoms with E-state index in [1.807, 2.05) is 0 Å². The number of piperidine rings is 1. The number of hydrogen-bond acceptors (Lipinski definition) is 9. The van der Waals surface area contributed by atoms with Gasteiger partial charge < -0.3 is 26.3 Å². The van der Waals surface area contributed by atoms with Crippen molar-refractivity contribution in [1.82, 2.24) is 20.8 Å². The Kier molecular flexibility index (Phi) is 9.57. The molecule has 0 aromatic heterocycles. The smallest absolute Gasteiger partial charge is 0.0608 e. The van der Waals surface area contributed by atoms with Crippen LogP contribution < -0.4 is 5.43 Å². The minimum atomic E-state index is -0.809. The van der Waals surface area contributed by atoms with Gasteiger partial charge in [-0.2, -0.15) is 5.10 Å². The summed E-state index contributed by atoms with van der Waals surface area (Å²) in [7, 11) is 0. The number of hydrazone groups is 1. The standard InChI is InChI=1S/C20H36IN5O4/c1-14-4-2-3-11-24(14)13-19(15-5-7-16(21)8-6-15)23-22-18-10-9-17(25(27)28)12-20(18)26(29)30/h14-18,20,22,27,29H,2-13H2,1H3/q-2. The molecule has 3 aliphatic rings. The van der Waals surface area contributed by atoms with E-state index in [0.29, 0.717) is 24.8 Å². The predicted molar refractivity (Wildman–Crippen MR) is 124 cm³/mol. The summed E-state index contributed by atoms with van der Waals surface area (Å²) in [6.45, 7) is 4.22. The molecule has 2 saturated carbocycles. The van der Waals surface area contributed by atoms with Gasteiger partial charge in [0, 0.05) is 34.5 Å². The third kappa shape index (κ3) is 6.71. The second-order valence-electron chi connectivity index (χ2n) is 9.24. The van der Waals surface area contributed by atoms with Crippen LogP contribution in [0.2, 0.25) is 0 Å². The van der Waals surface area contributed by atoms with Crippen LogP contribution in [0.5, 0.6) is 0 Å². The van der Waals surface area contributed by atoms with Gasteiger partial charge in [0.2, 0.25) is 0 Å². The summed E-state index contributed by atoms with van der Waals surface area (Å²) in [4.78, 5) is 2.52. The number of nitrogens with one attached hydrogen (secondary N) is 1. The van der Waals surface area contributed by atoms with Crippen molar-refractivity contribution in [1.29, 1.82) is 0 Å². The molecule has 0 aromatic carbocycles. The van der Waals surface area contributed by atoms with Crippen LogP contribution in [0.15, 0.2) is 5.10 Å². The average Bonchev–Trinajstić information content (AvgIpc) is 2.73. The molecule has 0 bridgehead atoms. The summed E-state index contributed by atoms with van der Waals surface area (Å²) in [5, 5.41) is 46.3. The second kappa shape index (κ2) is 11.7. The fraction of sp³-hybridized carbons (Fsp3) is 0.950.